The summed E-state index contributed by atoms with van der Waals surface area (Å²) in [7, 11) is 5.12. The molecular formula is C23H27N7O2. The van der Waals surface area contributed by atoms with Crippen LogP contribution in [-0.2, 0) is 13.6 Å². The Hall–Kier alpha value is -3.85. The van der Waals surface area contributed by atoms with Gasteiger partial charge in [0.1, 0.15) is 17.3 Å². The lowest BCUT2D eigenvalue weighted by Crippen LogP contribution is -2.21. The van der Waals surface area contributed by atoms with Crippen molar-refractivity contribution in [2.24, 2.45) is 12.8 Å². The Morgan fingerprint density at radius 1 is 1.03 bits per heavy atom. The molecule has 0 saturated heterocycles. The first-order valence-corrected chi connectivity index (χ1v) is 10.3. The van der Waals surface area contributed by atoms with Crippen molar-refractivity contribution in [2.45, 2.75) is 12.6 Å². The first-order chi connectivity index (χ1) is 15.6. The van der Waals surface area contributed by atoms with Gasteiger partial charge >= 0.3 is 0 Å². The molecule has 0 saturated carbocycles. The van der Waals surface area contributed by atoms with Crippen LogP contribution in [0.4, 0.5) is 11.8 Å². The fraction of sp³-hybridized carbons (Fsp3) is 0.261. The van der Waals surface area contributed by atoms with E-state index in [4.69, 9.17) is 15.2 Å². The summed E-state index contributed by atoms with van der Waals surface area (Å²) in [6.07, 6.45) is 1.75. The minimum Gasteiger partial charge on any atom is -0.497 e. The molecule has 1 atom stereocenters. The summed E-state index contributed by atoms with van der Waals surface area (Å²) in [6.45, 7) is 1.01. The normalized spacial score (nSPS) is 11.9. The number of methoxy groups -OCH3 is 2. The lowest BCUT2D eigenvalue weighted by atomic mass is 10.1. The van der Waals surface area contributed by atoms with Gasteiger partial charge in [0.25, 0.3) is 0 Å². The second kappa shape index (κ2) is 9.52. The summed E-state index contributed by atoms with van der Waals surface area (Å²) in [6, 6.07) is 15.5. The van der Waals surface area contributed by atoms with Crippen molar-refractivity contribution in [3.05, 3.63) is 65.9 Å². The highest BCUT2D eigenvalue weighted by molar-refractivity contribution is 5.87. The van der Waals surface area contributed by atoms with Crippen molar-refractivity contribution in [3.8, 4) is 11.5 Å². The van der Waals surface area contributed by atoms with Crippen molar-refractivity contribution in [3.63, 3.8) is 0 Å². The zero-order valence-electron chi connectivity index (χ0n) is 18.4. The van der Waals surface area contributed by atoms with Gasteiger partial charge in [-0.05, 0) is 17.7 Å². The van der Waals surface area contributed by atoms with E-state index in [0.717, 1.165) is 33.7 Å². The van der Waals surface area contributed by atoms with Gasteiger partial charge in [0.05, 0.1) is 25.8 Å². The molecule has 2 aromatic carbocycles. The van der Waals surface area contributed by atoms with Crippen LogP contribution in [0.2, 0.25) is 0 Å². The molecule has 9 heteroatoms. The van der Waals surface area contributed by atoms with Crippen LogP contribution in [0.3, 0.4) is 0 Å². The Labute approximate surface area is 186 Å². The van der Waals surface area contributed by atoms with Crippen LogP contribution < -0.4 is 25.8 Å². The average molecular weight is 434 g/mol. The van der Waals surface area contributed by atoms with Crippen molar-refractivity contribution in [2.75, 3.05) is 31.4 Å². The molecule has 2 heterocycles. The molecule has 0 spiro atoms. The number of nitrogens with one attached hydrogen (secondary N) is 2. The molecule has 2 aromatic heterocycles. The Morgan fingerprint density at radius 3 is 2.59 bits per heavy atom. The van der Waals surface area contributed by atoms with Crippen molar-refractivity contribution in [1.29, 1.82) is 0 Å². The number of aromatic nitrogens is 4. The molecule has 0 bridgehead atoms. The third kappa shape index (κ3) is 4.57. The maximum atomic E-state index is 6.32. The van der Waals surface area contributed by atoms with E-state index in [1.807, 2.05) is 55.6 Å². The maximum Gasteiger partial charge on any atom is 0.226 e. The number of nitrogens with two attached hydrogens (primary N) is 1. The van der Waals surface area contributed by atoms with E-state index in [0.29, 0.717) is 24.9 Å². The third-order valence-electron chi connectivity index (χ3n) is 5.24. The number of hydrogen-bond donors (Lipinski definition) is 3. The lowest BCUT2D eigenvalue weighted by molar-refractivity contribution is 0.391. The minimum atomic E-state index is -0.179. The fourth-order valence-corrected chi connectivity index (χ4v) is 3.43. The molecule has 0 aliphatic carbocycles. The number of rotatable bonds is 9. The van der Waals surface area contributed by atoms with Crippen molar-refractivity contribution >= 4 is 22.8 Å². The highest BCUT2D eigenvalue weighted by Gasteiger charge is 2.14. The van der Waals surface area contributed by atoms with Crippen LogP contribution in [0.15, 0.2) is 54.7 Å². The molecular weight excluding hydrogens is 406 g/mol. The van der Waals surface area contributed by atoms with Gasteiger partial charge in [-0.2, -0.15) is 15.1 Å². The van der Waals surface area contributed by atoms with Gasteiger partial charge in [0.2, 0.25) is 5.95 Å². The molecule has 0 aliphatic heterocycles. The summed E-state index contributed by atoms with van der Waals surface area (Å²) < 4.78 is 12.5. The van der Waals surface area contributed by atoms with Gasteiger partial charge in [0.15, 0.2) is 5.65 Å². The topological polar surface area (TPSA) is 112 Å². The number of benzene rings is 2. The zero-order chi connectivity index (χ0) is 22.5. The highest BCUT2D eigenvalue weighted by Crippen LogP contribution is 2.27. The Balaban J connectivity index is 1.55. The minimum absolute atomic E-state index is 0.179. The first-order valence-electron chi connectivity index (χ1n) is 10.3. The molecule has 9 nitrogen and oxygen atoms in total. The standard InChI is InChI=1S/C23H27N7O2/c1-30-22-18(13-27-30)21(25-12-16-9-10-17(31-2)11-20(16)32-3)28-23(29-22)26-14-19(24)15-7-5-4-6-8-15/h4-11,13,19H,12,14,24H2,1-3H3,(H2,25,26,28,29). The SMILES string of the molecule is COc1ccc(CNc2nc(NCC(N)c3ccccc3)nc3c2cnn3C)c(OC)c1. The summed E-state index contributed by atoms with van der Waals surface area (Å²) in [5.74, 6) is 2.64. The monoisotopic (exact) mass is 433 g/mol. The second-order valence-corrected chi connectivity index (χ2v) is 7.33. The van der Waals surface area contributed by atoms with Gasteiger partial charge in [-0.15, -0.1) is 0 Å². The Bertz CT molecular complexity index is 1190. The van der Waals surface area contributed by atoms with E-state index in [1.165, 1.54) is 0 Å². The Morgan fingerprint density at radius 2 is 1.84 bits per heavy atom. The molecule has 4 rings (SSSR count). The zero-order valence-corrected chi connectivity index (χ0v) is 18.4. The molecule has 0 radical (unpaired) electrons. The highest BCUT2D eigenvalue weighted by atomic mass is 16.5. The number of fused-ring (bicyclic) bond motifs is 1. The lowest BCUT2D eigenvalue weighted by Gasteiger charge is -2.15. The van der Waals surface area contributed by atoms with Gasteiger partial charge in [-0.25, -0.2) is 0 Å². The van der Waals surface area contributed by atoms with Gasteiger partial charge < -0.3 is 25.8 Å². The van der Waals surface area contributed by atoms with Crippen LogP contribution >= 0.6 is 0 Å². The Kier molecular flexibility index (Phi) is 6.37. The van der Waals surface area contributed by atoms with E-state index in [-0.39, 0.29) is 6.04 Å². The van der Waals surface area contributed by atoms with Crippen LogP contribution in [0.25, 0.3) is 11.0 Å². The van der Waals surface area contributed by atoms with Crippen LogP contribution in [0.5, 0.6) is 11.5 Å². The summed E-state index contributed by atoms with van der Waals surface area (Å²) in [5.41, 5.74) is 9.06. The molecule has 0 aliphatic rings. The van der Waals surface area contributed by atoms with Gasteiger partial charge in [-0.3, -0.25) is 4.68 Å². The molecule has 4 N–H and O–H groups in total. The number of aryl methyl sites for hydroxylation is 1. The maximum absolute atomic E-state index is 6.32. The summed E-state index contributed by atoms with van der Waals surface area (Å²) in [5, 5.41) is 11.8. The van der Waals surface area contributed by atoms with Gasteiger partial charge in [-0.1, -0.05) is 30.3 Å². The van der Waals surface area contributed by atoms with E-state index < -0.39 is 0 Å². The average Bonchev–Trinajstić information content (AvgIpc) is 3.22. The molecule has 0 fully saturated rings. The molecule has 0 amide bonds. The molecule has 1 unspecified atom stereocenters. The van der Waals surface area contributed by atoms with E-state index in [1.54, 1.807) is 25.1 Å². The van der Waals surface area contributed by atoms with E-state index >= 15 is 0 Å². The molecule has 4 aromatic rings. The van der Waals surface area contributed by atoms with Gasteiger partial charge in [0, 0.05) is 37.8 Å². The van der Waals surface area contributed by atoms with Crippen LogP contribution in [-0.4, -0.2) is 40.5 Å². The number of hydrogen-bond acceptors (Lipinski definition) is 8. The predicted octanol–water partition coefficient (Wildman–Crippen LogP) is 3.10. The summed E-state index contributed by atoms with van der Waals surface area (Å²) >= 11 is 0. The van der Waals surface area contributed by atoms with E-state index in [9.17, 15) is 0 Å². The fourth-order valence-electron chi connectivity index (χ4n) is 3.43. The largest absolute Gasteiger partial charge is 0.497 e. The molecule has 166 valence electrons. The van der Waals surface area contributed by atoms with Crippen molar-refractivity contribution < 1.29 is 9.47 Å². The van der Waals surface area contributed by atoms with Crippen LogP contribution in [0.1, 0.15) is 17.2 Å². The smallest absolute Gasteiger partial charge is 0.226 e. The number of ether oxygens (including phenoxy) is 2. The quantitative estimate of drug-likeness (QED) is 0.369. The van der Waals surface area contributed by atoms with Crippen LogP contribution in [0, 0.1) is 0 Å². The summed E-state index contributed by atoms with van der Waals surface area (Å²) in [4.78, 5) is 9.29. The van der Waals surface area contributed by atoms with E-state index in [2.05, 4.69) is 25.7 Å². The second-order valence-electron chi connectivity index (χ2n) is 7.33. The first kappa shape index (κ1) is 21.4. The number of anilines is 2. The molecule has 32 heavy (non-hydrogen) atoms. The van der Waals surface area contributed by atoms with Crippen molar-refractivity contribution in [1.82, 2.24) is 19.7 Å². The third-order valence-corrected chi connectivity index (χ3v) is 5.24. The number of nitrogens with zero attached hydrogens (tertiary/aromatic N) is 4. The predicted molar refractivity (Wildman–Crippen MR) is 125 cm³/mol.